The number of carboxylic acids is 2. The molecule has 0 amide bonds. The van der Waals surface area contributed by atoms with Crippen LogP contribution in [0.2, 0.25) is 0 Å². The van der Waals surface area contributed by atoms with Gasteiger partial charge >= 0.3 is 11.9 Å². The minimum atomic E-state index is -0.839. The van der Waals surface area contributed by atoms with Crippen molar-refractivity contribution in [3.8, 4) is 0 Å². The third kappa shape index (κ3) is 5.45. The molecule has 2 aliphatic carbocycles. The molecular formula is C34H48N4O4. The van der Waals surface area contributed by atoms with Crippen molar-refractivity contribution < 1.29 is 19.8 Å². The van der Waals surface area contributed by atoms with E-state index in [-0.39, 0.29) is 13.1 Å². The molecule has 6 aliphatic rings. The molecular weight excluding hydrogens is 528 g/mol. The quantitative estimate of drug-likeness (QED) is 0.457. The van der Waals surface area contributed by atoms with Gasteiger partial charge < -0.3 is 20.0 Å². The van der Waals surface area contributed by atoms with Crippen LogP contribution in [-0.2, 0) is 9.59 Å². The third-order valence-corrected chi connectivity index (χ3v) is 11.4. The summed E-state index contributed by atoms with van der Waals surface area (Å²) < 4.78 is 0. The molecule has 0 aromatic heterocycles. The zero-order chi connectivity index (χ0) is 28.8. The average molecular weight is 577 g/mol. The Hall–Kier alpha value is -2.58. The van der Waals surface area contributed by atoms with Gasteiger partial charge in [0.1, 0.15) is 12.4 Å². The topological polar surface area (TPSA) is 87.6 Å². The van der Waals surface area contributed by atoms with E-state index in [1.54, 1.807) is 0 Å². The number of likely N-dealkylation sites (tertiary alicyclic amines) is 1. The molecule has 4 aliphatic heterocycles. The van der Waals surface area contributed by atoms with Gasteiger partial charge in [0.2, 0.25) is 0 Å². The number of carboxylic acid groups (broad SMARTS) is 2. The summed E-state index contributed by atoms with van der Waals surface area (Å²) in [5.74, 6) is 1.21. The summed E-state index contributed by atoms with van der Waals surface area (Å²) in [6.45, 7) is 1.29. The standard InChI is InChI=1S/C34H48N4O4/c39-32(40)21-35-14-6-9-25(20-35)34-36(22-33(41)42)30-12-3-4-13-31(30)38(34)29-18-26-10-5-11-27(19-29)37(26)28-16-23-7-1-2-8-24(15-23)17-28/h3-4,12-13,23-24,26-29H,1-2,5-11,14-22H2,(H,39,40)(H,41,42)/b34-25+/t23-,24+,26-,27+,28-,29-. The molecule has 7 rings (SSSR count). The largest absolute Gasteiger partial charge is 0.480 e. The first-order chi connectivity index (χ1) is 20.4. The minimum absolute atomic E-state index is 0.0224. The molecule has 4 bridgehead atoms. The summed E-state index contributed by atoms with van der Waals surface area (Å²) in [4.78, 5) is 33.3. The maximum absolute atomic E-state index is 12.2. The second kappa shape index (κ2) is 11.8. The summed E-state index contributed by atoms with van der Waals surface area (Å²) in [5, 5.41) is 19.5. The van der Waals surface area contributed by atoms with E-state index in [0.29, 0.717) is 24.7 Å². The maximum atomic E-state index is 12.2. The Bertz CT molecular complexity index is 1190. The highest BCUT2D eigenvalue weighted by molar-refractivity contribution is 5.88. The number of nitrogens with zero attached hydrogens (tertiary/aromatic N) is 4. The van der Waals surface area contributed by atoms with Gasteiger partial charge in [-0.15, -0.1) is 0 Å². The van der Waals surface area contributed by atoms with E-state index in [1.807, 2.05) is 15.9 Å². The minimum Gasteiger partial charge on any atom is -0.480 e. The number of hydrogen-bond donors (Lipinski definition) is 2. The van der Waals surface area contributed by atoms with E-state index in [0.717, 1.165) is 67.3 Å². The van der Waals surface area contributed by atoms with Crippen molar-refractivity contribution in [1.29, 1.82) is 0 Å². The highest BCUT2D eigenvalue weighted by Gasteiger charge is 2.48. The molecule has 3 saturated heterocycles. The number of aliphatic carboxylic acids is 2. The summed E-state index contributed by atoms with van der Waals surface area (Å²) in [5.41, 5.74) is 3.28. The predicted molar refractivity (Wildman–Crippen MR) is 164 cm³/mol. The third-order valence-electron chi connectivity index (χ3n) is 11.4. The van der Waals surface area contributed by atoms with Gasteiger partial charge in [-0.2, -0.15) is 0 Å². The molecule has 0 unspecified atom stereocenters. The van der Waals surface area contributed by atoms with E-state index in [1.165, 1.54) is 69.8 Å². The van der Waals surface area contributed by atoms with E-state index in [9.17, 15) is 19.8 Å². The number of piperidine rings is 3. The predicted octanol–water partition coefficient (Wildman–Crippen LogP) is 5.53. The van der Waals surface area contributed by atoms with E-state index in [4.69, 9.17) is 0 Å². The number of carbonyl (C=O) groups is 2. The lowest BCUT2D eigenvalue weighted by Gasteiger charge is -2.56. The second-order valence-electron chi connectivity index (χ2n) is 14.2. The molecule has 8 nitrogen and oxygen atoms in total. The molecule has 2 N–H and O–H groups in total. The molecule has 0 radical (unpaired) electrons. The van der Waals surface area contributed by atoms with Crippen molar-refractivity contribution in [3.05, 3.63) is 35.7 Å². The number of benzene rings is 1. The Balaban J connectivity index is 1.21. The van der Waals surface area contributed by atoms with Gasteiger partial charge in [0.15, 0.2) is 0 Å². The van der Waals surface area contributed by atoms with Gasteiger partial charge in [-0.1, -0.05) is 44.2 Å². The van der Waals surface area contributed by atoms with Crippen molar-refractivity contribution >= 4 is 23.3 Å². The SMILES string of the molecule is O=C(O)CN1CCC/C(=C2/N(CC(=O)O)c3ccccc3N2[C@@H]2C[C@H]3CCC[C@@H](C2)N3[C@@H]2C[C@@H]3CCCC[C@@H](C3)C2)C1. The van der Waals surface area contributed by atoms with E-state index >= 15 is 0 Å². The Kier molecular flexibility index (Phi) is 7.95. The Morgan fingerprint density at radius 1 is 0.714 bits per heavy atom. The fourth-order valence-corrected chi connectivity index (χ4v) is 10.0. The average Bonchev–Trinajstić information content (AvgIpc) is 3.17. The Morgan fingerprint density at radius 3 is 2.05 bits per heavy atom. The monoisotopic (exact) mass is 576 g/mol. The number of fused-ring (bicyclic) bond motifs is 5. The van der Waals surface area contributed by atoms with Gasteiger partial charge in [-0.25, -0.2) is 0 Å². The normalized spacial score (nSPS) is 35.5. The van der Waals surface area contributed by atoms with Crippen LogP contribution in [0.5, 0.6) is 0 Å². The van der Waals surface area contributed by atoms with Crippen LogP contribution in [0.1, 0.15) is 89.9 Å². The first-order valence-electron chi connectivity index (χ1n) is 16.8. The van der Waals surface area contributed by atoms with Gasteiger partial charge in [0.05, 0.1) is 17.9 Å². The van der Waals surface area contributed by atoms with Crippen molar-refractivity contribution in [2.24, 2.45) is 11.8 Å². The highest BCUT2D eigenvalue weighted by atomic mass is 16.4. The van der Waals surface area contributed by atoms with Crippen molar-refractivity contribution in [2.75, 3.05) is 36.0 Å². The lowest BCUT2D eigenvalue weighted by atomic mass is 9.73. The van der Waals surface area contributed by atoms with E-state index in [2.05, 4.69) is 28.0 Å². The van der Waals surface area contributed by atoms with Crippen LogP contribution < -0.4 is 9.80 Å². The van der Waals surface area contributed by atoms with Crippen LogP contribution in [0.3, 0.4) is 0 Å². The molecule has 42 heavy (non-hydrogen) atoms. The fourth-order valence-electron chi connectivity index (χ4n) is 10.0. The van der Waals surface area contributed by atoms with Gasteiger partial charge in [0, 0.05) is 30.7 Å². The van der Waals surface area contributed by atoms with Crippen LogP contribution in [0.4, 0.5) is 11.4 Å². The number of anilines is 2. The zero-order valence-electron chi connectivity index (χ0n) is 25.0. The van der Waals surface area contributed by atoms with Crippen molar-refractivity contribution in [3.63, 3.8) is 0 Å². The van der Waals surface area contributed by atoms with E-state index < -0.39 is 11.9 Å². The molecule has 1 aromatic rings. The van der Waals surface area contributed by atoms with Gasteiger partial charge in [0.25, 0.3) is 0 Å². The van der Waals surface area contributed by atoms with Crippen LogP contribution in [0.15, 0.2) is 35.7 Å². The van der Waals surface area contributed by atoms with Crippen molar-refractivity contribution in [2.45, 2.75) is 114 Å². The molecule has 5 fully saturated rings. The van der Waals surface area contributed by atoms with Gasteiger partial charge in [-0.05, 0) is 93.9 Å². The maximum Gasteiger partial charge on any atom is 0.323 e. The molecule has 1 aromatic carbocycles. The number of hydrogen-bond acceptors (Lipinski definition) is 6. The fraction of sp³-hybridized carbons (Fsp3) is 0.706. The first kappa shape index (κ1) is 28.2. The van der Waals surface area contributed by atoms with Crippen LogP contribution in [0.25, 0.3) is 0 Å². The lowest BCUT2D eigenvalue weighted by molar-refractivity contribution is -0.138. The van der Waals surface area contributed by atoms with Crippen LogP contribution >= 0.6 is 0 Å². The number of rotatable bonds is 6. The highest BCUT2D eigenvalue weighted by Crippen LogP contribution is 2.50. The van der Waals surface area contributed by atoms with Crippen molar-refractivity contribution in [1.82, 2.24) is 9.80 Å². The van der Waals surface area contributed by atoms with Crippen LogP contribution in [-0.4, -0.2) is 82.3 Å². The Labute approximate surface area is 250 Å². The molecule has 4 heterocycles. The zero-order valence-corrected chi connectivity index (χ0v) is 25.0. The smallest absolute Gasteiger partial charge is 0.323 e. The van der Waals surface area contributed by atoms with Crippen LogP contribution in [0, 0.1) is 11.8 Å². The molecule has 0 spiro atoms. The molecule has 228 valence electrons. The lowest BCUT2D eigenvalue weighted by Crippen LogP contribution is -2.61. The summed E-state index contributed by atoms with van der Waals surface area (Å²) in [6.07, 6.45) is 17.8. The molecule has 8 heteroatoms. The summed E-state index contributed by atoms with van der Waals surface area (Å²) in [6, 6.07) is 10.6. The Morgan fingerprint density at radius 2 is 1.38 bits per heavy atom. The summed E-state index contributed by atoms with van der Waals surface area (Å²) in [7, 11) is 0. The van der Waals surface area contributed by atoms with Gasteiger partial charge in [-0.3, -0.25) is 19.4 Å². The molecule has 6 atom stereocenters. The first-order valence-corrected chi connectivity index (χ1v) is 16.8. The second-order valence-corrected chi connectivity index (χ2v) is 14.2. The summed E-state index contributed by atoms with van der Waals surface area (Å²) >= 11 is 0. The number of para-hydroxylation sites is 2. The molecule has 2 saturated carbocycles.